The van der Waals surface area contributed by atoms with Crippen molar-refractivity contribution in [1.29, 1.82) is 0 Å². The molecule has 0 aromatic heterocycles. The molecule has 2 aromatic rings. The van der Waals surface area contributed by atoms with Crippen LogP contribution in [0.4, 0.5) is 0 Å². The third-order valence-corrected chi connectivity index (χ3v) is 8.74. The van der Waals surface area contributed by atoms with Crippen molar-refractivity contribution in [1.82, 2.24) is 4.31 Å². The van der Waals surface area contributed by atoms with Gasteiger partial charge in [-0.2, -0.15) is 4.31 Å². The maximum absolute atomic E-state index is 13.4. The molecular weight excluding hydrogens is 418 g/mol. The number of sulfonamides is 1. The molecular formula is C23H29NO4S2. The molecule has 30 heavy (non-hydrogen) atoms. The second-order valence-corrected chi connectivity index (χ2v) is 11.1. The first-order valence-electron chi connectivity index (χ1n) is 10.1. The summed E-state index contributed by atoms with van der Waals surface area (Å²) in [5.74, 6) is -0.478. The van der Waals surface area contributed by atoms with Crippen molar-refractivity contribution in [3.05, 3.63) is 58.7 Å². The highest BCUT2D eigenvalue weighted by Crippen LogP contribution is 2.39. The van der Waals surface area contributed by atoms with E-state index in [-0.39, 0.29) is 23.3 Å². The number of ether oxygens (including phenoxy) is 1. The minimum absolute atomic E-state index is 0.0280. The van der Waals surface area contributed by atoms with Gasteiger partial charge in [0.15, 0.2) is 0 Å². The van der Waals surface area contributed by atoms with E-state index in [1.54, 1.807) is 43.0 Å². The maximum Gasteiger partial charge on any atom is 0.324 e. The lowest BCUT2D eigenvalue weighted by Gasteiger charge is -2.22. The summed E-state index contributed by atoms with van der Waals surface area (Å²) in [6.07, 6.45) is 0.432. The van der Waals surface area contributed by atoms with Crippen molar-refractivity contribution in [3.8, 4) is 0 Å². The number of carbonyl (C=O) groups is 1. The van der Waals surface area contributed by atoms with Gasteiger partial charge in [0.1, 0.15) is 6.04 Å². The molecule has 0 bridgehead atoms. The minimum atomic E-state index is -3.80. The van der Waals surface area contributed by atoms with E-state index in [0.717, 1.165) is 10.5 Å². The predicted molar refractivity (Wildman–Crippen MR) is 120 cm³/mol. The molecule has 0 radical (unpaired) electrons. The highest BCUT2D eigenvalue weighted by atomic mass is 32.2. The number of carbonyl (C=O) groups excluding carboxylic acids is 1. The van der Waals surface area contributed by atoms with E-state index < -0.39 is 22.0 Å². The molecule has 2 aromatic carbocycles. The molecule has 0 saturated carbocycles. The van der Waals surface area contributed by atoms with Crippen molar-refractivity contribution in [2.45, 2.75) is 62.1 Å². The third kappa shape index (κ3) is 4.74. The molecule has 1 aliphatic rings. The molecule has 5 nitrogen and oxygen atoms in total. The molecule has 1 heterocycles. The Morgan fingerprint density at radius 3 is 2.23 bits per heavy atom. The van der Waals surface area contributed by atoms with Gasteiger partial charge in [0.05, 0.1) is 11.5 Å². The average Bonchev–Trinajstić information content (AvgIpc) is 3.10. The average molecular weight is 448 g/mol. The first-order chi connectivity index (χ1) is 14.1. The molecule has 1 saturated heterocycles. The van der Waals surface area contributed by atoms with E-state index in [1.165, 1.54) is 21.0 Å². The summed E-state index contributed by atoms with van der Waals surface area (Å²) in [7, 11) is -3.80. The van der Waals surface area contributed by atoms with Crippen LogP contribution in [0.1, 0.15) is 35.6 Å². The summed E-state index contributed by atoms with van der Waals surface area (Å²) in [6, 6.07) is 10.2. The Morgan fingerprint density at radius 2 is 1.67 bits per heavy atom. The molecule has 1 aliphatic heterocycles. The SMILES string of the molecule is CCOC(=O)[C@@H]1C[C@H](Sc2c(C)cc(C)cc2C)CN1S(=O)(=O)c1ccc(C)cc1. The standard InChI is InChI=1S/C23H29NO4S2/c1-6-28-23(25)21-13-19(29-22-17(4)11-16(3)12-18(22)5)14-24(21)30(26,27)20-9-7-15(2)8-10-20/h7-12,19,21H,6,13-14H2,1-5H3/t19-,21-/m0/s1. The highest BCUT2D eigenvalue weighted by Gasteiger charge is 2.45. The quantitative estimate of drug-likeness (QED) is 0.614. The van der Waals surface area contributed by atoms with Crippen molar-refractivity contribution in [3.63, 3.8) is 0 Å². The summed E-state index contributed by atoms with van der Waals surface area (Å²) in [5, 5.41) is -0.0280. The largest absolute Gasteiger partial charge is 0.465 e. The van der Waals surface area contributed by atoms with Crippen molar-refractivity contribution >= 4 is 27.8 Å². The van der Waals surface area contributed by atoms with E-state index in [0.29, 0.717) is 6.42 Å². The fourth-order valence-corrected chi connectivity index (χ4v) is 7.00. The molecule has 3 rings (SSSR count). The van der Waals surface area contributed by atoms with E-state index in [2.05, 4.69) is 32.9 Å². The van der Waals surface area contributed by atoms with Crippen LogP contribution in [0.5, 0.6) is 0 Å². The molecule has 0 N–H and O–H groups in total. The van der Waals surface area contributed by atoms with Gasteiger partial charge < -0.3 is 4.74 Å². The van der Waals surface area contributed by atoms with Crippen LogP contribution in [0.15, 0.2) is 46.2 Å². The van der Waals surface area contributed by atoms with Crippen LogP contribution >= 0.6 is 11.8 Å². The van der Waals surface area contributed by atoms with E-state index in [4.69, 9.17) is 4.74 Å². The maximum atomic E-state index is 13.4. The Hall–Kier alpha value is -1.83. The highest BCUT2D eigenvalue weighted by molar-refractivity contribution is 8.00. The first-order valence-corrected chi connectivity index (χ1v) is 12.4. The molecule has 0 spiro atoms. The second kappa shape index (κ2) is 9.12. The Morgan fingerprint density at radius 1 is 1.07 bits per heavy atom. The topological polar surface area (TPSA) is 63.7 Å². The van der Waals surface area contributed by atoms with Crippen molar-refractivity contribution in [2.24, 2.45) is 0 Å². The van der Waals surface area contributed by atoms with Gasteiger partial charge in [0.25, 0.3) is 0 Å². The van der Waals surface area contributed by atoms with Crippen LogP contribution in [0.25, 0.3) is 0 Å². The van der Waals surface area contributed by atoms with Crippen LogP contribution in [0.2, 0.25) is 0 Å². The number of nitrogens with zero attached hydrogens (tertiary/aromatic N) is 1. The van der Waals surface area contributed by atoms with Crippen LogP contribution in [0, 0.1) is 27.7 Å². The first kappa shape index (κ1) is 22.8. The second-order valence-electron chi connectivity index (χ2n) is 7.86. The summed E-state index contributed by atoms with van der Waals surface area (Å²) in [5.41, 5.74) is 4.53. The van der Waals surface area contributed by atoms with Gasteiger partial charge in [-0.1, -0.05) is 35.4 Å². The lowest BCUT2D eigenvalue weighted by Crippen LogP contribution is -2.41. The van der Waals surface area contributed by atoms with Gasteiger partial charge in [-0.05, 0) is 64.3 Å². The van der Waals surface area contributed by atoms with Gasteiger partial charge in [-0.15, -0.1) is 11.8 Å². The Bertz CT molecular complexity index is 1010. The van der Waals surface area contributed by atoms with Gasteiger partial charge in [-0.3, -0.25) is 4.79 Å². The smallest absolute Gasteiger partial charge is 0.324 e. The van der Waals surface area contributed by atoms with Gasteiger partial charge >= 0.3 is 5.97 Å². The zero-order valence-electron chi connectivity index (χ0n) is 18.1. The number of thioether (sulfide) groups is 1. The third-order valence-electron chi connectivity index (χ3n) is 5.29. The summed E-state index contributed by atoms with van der Waals surface area (Å²) in [4.78, 5) is 14.0. The number of esters is 1. The molecule has 1 fully saturated rings. The lowest BCUT2D eigenvalue weighted by atomic mass is 10.1. The number of hydrogen-bond acceptors (Lipinski definition) is 5. The Kier molecular flexibility index (Phi) is 6.95. The zero-order chi connectivity index (χ0) is 22.1. The molecule has 0 amide bonds. The van der Waals surface area contributed by atoms with Gasteiger partial charge in [0, 0.05) is 16.7 Å². The molecule has 0 aliphatic carbocycles. The normalized spacial score (nSPS) is 19.8. The number of rotatable bonds is 6. The lowest BCUT2D eigenvalue weighted by molar-refractivity contribution is -0.146. The number of benzene rings is 2. The number of hydrogen-bond donors (Lipinski definition) is 0. The van der Waals surface area contributed by atoms with Gasteiger partial charge in [0.2, 0.25) is 10.0 Å². The Balaban J connectivity index is 1.92. The van der Waals surface area contributed by atoms with Crippen LogP contribution in [-0.2, 0) is 19.6 Å². The Labute approximate surface area is 183 Å². The van der Waals surface area contributed by atoms with Crippen molar-refractivity contribution in [2.75, 3.05) is 13.2 Å². The summed E-state index contributed by atoms with van der Waals surface area (Å²) in [6.45, 7) is 10.3. The fraction of sp³-hybridized carbons (Fsp3) is 0.435. The monoisotopic (exact) mass is 447 g/mol. The van der Waals surface area contributed by atoms with Crippen molar-refractivity contribution < 1.29 is 17.9 Å². The zero-order valence-corrected chi connectivity index (χ0v) is 19.8. The van der Waals surface area contributed by atoms with E-state index in [1.807, 2.05) is 6.92 Å². The molecule has 162 valence electrons. The minimum Gasteiger partial charge on any atom is -0.465 e. The molecule has 7 heteroatoms. The van der Waals surface area contributed by atoms with Crippen LogP contribution in [-0.4, -0.2) is 43.1 Å². The van der Waals surface area contributed by atoms with Crippen LogP contribution in [0.3, 0.4) is 0 Å². The van der Waals surface area contributed by atoms with Gasteiger partial charge in [-0.25, -0.2) is 8.42 Å². The predicted octanol–water partition coefficient (Wildman–Crippen LogP) is 4.41. The fourth-order valence-electron chi connectivity index (χ4n) is 3.94. The van der Waals surface area contributed by atoms with Crippen LogP contribution < -0.4 is 0 Å². The summed E-state index contributed by atoms with van der Waals surface area (Å²) < 4.78 is 33.2. The number of aryl methyl sites for hydroxylation is 4. The molecule has 2 atom stereocenters. The van der Waals surface area contributed by atoms with E-state index in [9.17, 15) is 13.2 Å². The molecule has 0 unspecified atom stereocenters. The summed E-state index contributed by atoms with van der Waals surface area (Å²) >= 11 is 1.66. The van der Waals surface area contributed by atoms with E-state index >= 15 is 0 Å².